The number of carbonyl (C=O) groups excluding carboxylic acids is 2. The first-order valence-corrected chi connectivity index (χ1v) is 9.65. The van der Waals surface area contributed by atoms with Gasteiger partial charge in [0.1, 0.15) is 12.1 Å². The summed E-state index contributed by atoms with van der Waals surface area (Å²) in [5.41, 5.74) is 1.43. The van der Waals surface area contributed by atoms with Gasteiger partial charge in [0.2, 0.25) is 0 Å². The minimum absolute atomic E-state index is 0.0273. The lowest BCUT2D eigenvalue weighted by Crippen LogP contribution is -2.55. The van der Waals surface area contributed by atoms with Crippen LogP contribution >= 0.6 is 0 Å². The van der Waals surface area contributed by atoms with Gasteiger partial charge in [-0.1, -0.05) is 18.1 Å². The molecule has 24 heavy (non-hydrogen) atoms. The molecule has 3 saturated carbocycles. The summed E-state index contributed by atoms with van der Waals surface area (Å²) in [6.45, 7) is 6.42. The van der Waals surface area contributed by atoms with Gasteiger partial charge < -0.3 is 9.90 Å². The molecule has 0 aliphatic heterocycles. The highest BCUT2D eigenvalue weighted by Gasteiger charge is 2.63. The first-order valence-electron chi connectivity index (χ1n) is 9.65. The van der Waals surface area contributed by atoms with Crippen LogP contribution in [0.25, 0.3) is 0 Å². The average molecular weight is 330 g/mol. The molecule has 0 amide bonds. The number of rotatable bonds is 1. The van der Waals surface area contributed by atoms with Crippen LogP contribution in [0.1, 0.15) is 72.1 Å². The minimum atomic E-state index is -0.586. The predicted octanol–water partition coefficient (Wildman–Crippen LogP) is 3.84. The second-order valence-corrected chi connectivity index (χ2v) is 9.48. The van der Waals surface area contributed by atoms with Gasteiger partial charge in [0, 0.05) is 12.8 Å². The molecule has 0 aromatic rings. The van der Waals surface area contributed by atoms with E-state index in [1.54, 1.807) is 0 Å². The van der Waals surface area contributed by atoms with Crippen molar-refractivity contribution < 1.29 is 14.7 Å². The first kappa shape index (κ1) is 16.5. The number of aliphatic hydroxyl groups is 1. The van der Waals surface area contributed by atoms with Gasteiger partial charge in [0.25, 0.3) is 0 Å². The van der Waals surface area contributed by atoms with E-state index in [-0.39, 0.29) is 5.41 Å². The minimum Gasteiger partial charge on any atom is -0.390 e. The Morgan fingerprint density at radius 3 is 2.54 bits per heavy atom. The van der Waals surface area contributed by atoms with Gasteiger partial charge in [-0.2, -0.15) is 0 Å². The van der Waals surface area contributed by atoms with E-state index < -0.39 is 11.0 Å². The number of hydrogen-bond donors (Lipinski definition) is 1. The largest absolute Gasteiger partial charge is 0.390 e. The Balaban J connectivity index is 1.79. The Bertz CT molecular complexity index is 631. The van der Waals surface area contributed by atoms with Gasteiger partial charge in [0.15, 0.2) is 0 Å². The topological polar surface area (TPSA) is 54.4 Å². The fourth-order valence-corrected chi connectivity index (χ4v) is 7.05. The number of hydrogen-bond acceptors (Lipinski definition) is 3. The van der Waals surface area contributed by atoms with E-state index in [1.807, 2.05) is 6.92 Å². The number of Topliss-reactive ketones (excluding diaryl/α,β-unsaturated/α-hetero) is 1. The molecule has 0 radical (unpaired) electrons. The van der Waals surface area contributed by atoms with Crippen LogP contribution < -0.4 is 0 Å². The van der Waals surface area contributed by atoms with Crippen molar-refractivity contribution in [1.29, 1.82) is 0 Å². The van der Waals surface area contributed by atoms with Gasteiger partial charge in [-0.15, -0.1) is 0 Å². The van der Waals surface area contributed by atoms with E-state index in [2.05, 4.69) is 13.8 Å². The normalized spacial score (nSPS) is 51.0. The monoisotopic (exact) mass is 330 g/mol. The number of aldehydes is 1. The molecule has 4 rings (SSSR count). The van der Waals surface area contributed by atoms with E-state index in [9.17, 15) is 14.7 Å². The summed E-state index contributed by atoms with van der Waals surface area (Å²) in [7, 11) is 0. The van der Waals surface area contributed by atoms with Crippen LogP contribution in [0.2, 0.25) is 0 Å². The molecule has 4 aliphatic carbocycles. The molecule has 3 fully saturated rings. The van der Waals surface area contributed by atoms with E-state index in [1.165, 1.54) is 11.9 Å². The molecular formula is C21H30O3. The van der Waals surface area contributed by atoms with Crippen LogP contribution in [0.5, 0.6) is 0 Å². The molecule has 0 saturated heterocycles. The summed E-state index contributed by atoms with van der Waals surface area (Å²) >= 11 is 0. The van der Waals surface area contributed by atoms with Crippen molar-refractivity contribution in [1.82, 2.24) is 0 Å². The molecule has 1 N–H and O–H groups in total. The van der Waals surface area contributed by atoms with Crippen molar-refractivity contribution in [2.45, 2.75) is 77.7 Å². The Morgan fingerprint density at radius 1 is 1.12 bits per heavy atom. The molecule has 3 heteroatoms. The maximum Gasteiger partial charge on any atom is 0.137 e. The van der Waals surface area contributed by atoms with E-state index in [4.69, 9.17) is 0 Å². The van der Waals surface area contributed by atoms with Crippen LogP contribution in [0.15, 0.2) is 11.1 Å². The Morgan fingerprint density at radius 2 is 1.83 bits per heavy atom. The van der Waals surface area contributed by atoms with E-state index in [0.717, 1.165) is 37.7 Å². The standard InChI is InChI=1S/C21H30O3/c1-13-10-15-16-6-8-20(3,24)19(16,2)7-5-17(15)21(12-22)9-4-14(23)11-18(13)21/h12,15-17,24H,4-11H2,1-3H3/t15-,16-,17+,19-,20?,21-/m0/s1. The molecule has 0 heterocycles. The maximum atomic E-state index is 12.3. The summed E-state index contributed by atoms with van der Waals surface area (Å²) in [6, 6.07) is 0. The summed E-state index contributed by atoms with van der Waals surface area (Å²) in [6.07, 6.45) is 7.93. The van der Waals surface area contributed by atoms with Crippen molar-refractivity contribution in [3.63, 3.8) is 0 Å². The van der Waals surface area contributed by atoms with Crippen LogP contribution in [0.3, 0.4) is 0 Å². The highest BCUT2D eigenvalue weighted by molar-refractivity contribution is 5.86. The third kappa shape index (κ3) is 1.88. The highest BCUT2D eigenvalue weighted by atomic mass is 16.3. The van der Waals surface area contributed by atoms with Crippen molar-refractivity contribution in [3.05, 3.63) is 11.1 Å². The molecule has 132 valence electrons. The maximum absolute atomic E-state index is 12.3. The molecule has 0 spiro atoms. The van der Waals surface area contributed by atoms with Gasteiger partial charge in [0.05, 0.1) is 11.0 Å². The zero-order valence-electron chi connectivity index (χ0n) is 15.2. The molecule has 0 bridgehead atoms. The number of carbonyl (C=O) groups is 2. The molecule has 6 atom stereocenters. The van der Waals surface area contributed by atoms with Crippen molar-refractivity contribution >= 4 is 12.1 Å². The average Bonchev–Trinajstić information content (AvgIpc) is 2.78. The number of ketones is 1. The van der Waals surface area contributed by atoms with Gasteiger partial charge in [-0.25, -0.2) is 0 Å². The summed E-state index contributed by atoms with van der Waals surface area (Å²) in [5.74, 6) is 1.65. The zero-order valence-corrected chi connectivity index (χ0v) is 15.2. The molecule has 0 aromatic carbocycles. The summed E-state index contributed by atoms with van der Waals surface area (Å²) < 4.78 is 0. The van der Waals surface area contributed by atoms with Crippen molar-refractivity contribution in [2.24, 2.45) is 28.6 Å². The van der Waals surface area contributed by atoms with Gasteiger partial charge in [-0.05, 0) is 75.5 Å². The molecule has 0 aromatic heterocycles. The second-order valence-electron chi connectivity index (χ2n) is 9.48. The Labute approximate surface area is 144 Å². The van der Waals surface area contributed by atoms with Crippen LogP contribution in [-0.2, 0) is 9.59 Å². The summed E-state index contributed by atoms with van der Waals surface area (Å²) in [4.78, 5) is 24.3. The quantitative estimate of drug-likeness (QED) is 0.587. The van der Waals surface area contributed by atoms with Crippen molar-refractivity contribution in [3.8, 4) is 0 Å². The molecule has 3 nitrogen and oxygen atoms in total. The van der Waals surface area contributed by atoms with E-state index >= 15 is 0 Å². The summed E-state index contributed by atoms with van der Waals surface area (Å²) in [5, 5.41) is 11.0. The number of allylic oxidation sites excluding steroid dienone is 2. The lowest BCUT2D eigenvalue weighted by molar-refractivity contribution is -0.137. The third-order valence-electron chi connectivity index (χ3n) is 8.68. The smallest absolute Gasteiger partial charge is 0.137 e. The second kappa shape index (κ2) is 5.03. The highest BCUT2D eigenvalue weighted by Crippen LogP contribution is 2.67. The lowest BCUT2D eigenvalue weighted by atomic mass is 9.46. The SMILES string of the molecule is CC1=C2CC(=O)CC[C@]2(C=O)[C@@H]2CC[C@@]3(C)[C@@H](CCC3(C)O)[C@@H]2C1. The first-order chi connectivity index (χ1) is 11.2. The molecular weight excluding hydrogens is 300 g/mol. The van der Waals surface area contributed by atoms with Crippen molar-refractivity contribution in [2.75, 3.05) is 0 Å². The van der Waals surface area contributed by atoms with Crippen LogP contribution in [0.4, 0.5) is 0 Å². The third-order valence-corrected chi connectivity index (χ3v) is 8.68. The molecule has 4 aliphatic rings. The number of fused-ring (bicyclic) bond motifs is 5. The lowest BCUT2D eigenvalue weighted by Gasteiger charge is -2.58. The predicted molar refractivity (Wildman–Crippen MR) is 92.3 cm³/mol. The zero-order chi connectivity index (χ0) is 17.3. The van der Waals surface area contributed by atoms with Crippen LogP contribution in [-0.4, -0.2) is 22.8 Å². The van der Waals surface area contributed by atoms with Gasteiger partial charge in [-0.3, -0.25) is 4.79 Å². The fourth-order valence-electron chi connectivity index (χ4n) is 7.05. The Hall–Kier alpha value is -0.960. The van der Waals surface area contributed by atoms with Crippen LogP contribution in [0, 0.1) is 28.6 Å². The van der Waals surface area contributed by atoms with E-state index in [0.29, 0.717) is 42.8 Å². The fraction of sp³-hybridized carbons (Fsp3) is 0.810. The Kier molecular flexibility index (Phi) is 3.46. The van der Waals surface area contributed by atoms with Gasteiger partial charge >= 0.3 is 0 Å². The molecule has 1 unspecified atom stereocenters.